The molecule has 0 amide bonds. The van der Waals surface area contributed by atoms with Crippen LogP contribution in [-0.2, 0) is 0 Å². The first kappa shape index (κ1) is 29.7. The van der Waals surface area contributed by atoms with Gasteiger partial charge in [0.05, 0.1) is 5.39 Å². The zero-order valence-electron chi connectivity index (χ0n) is 27.8. The summed E-state index contributed by atoms with van der Waals surface area (Å²) < 4.78 is 12.9. The molecule has 10 aromatic rings. The summed E-state index contributed by atoms with van der Waals surface area (Å²) in [7, 11) is 0. The van der Waals surface area contributed by atoms with E-state index in [2.05, 4.69) is 66.7 Å². The Kier molecular flexibility index (Phi) is 7.03. The Labute approximate surface area is 298 Å². The van der Waals surface area contributed by atoms with Gasteiger partial charge in [-0.05, 0) is 41.0 Å². The van der Waals surface area contributed by atoms with Gasteiger partial charge in [0, 0.05) is 33.2 Å². The van der Waals surface area contributed by atoms with Crippen molar-refractivity contribution in [2.45, 2.75) is 0 Å². The second-order valence-electron chi connectivity index (χ2n) is 12.6. The summed E-state index contributed by atoms with van der Waals surface area (Å²) in [4.78, 5) is 19.8. The van der Waals surface area contributed by atoms with Crippen molar-refractivity contribution in [3.05, 3.63) is 170 Å². The molecule has 0 fully saturated rings. The first-order valence-electron chi connectivity index (χ1n) is 17.1. The number of para-hydroxylation sites is 1. The van der Waals surface area contributed by atoms with Gasteiger partial charge in [0.15, 0.2) is 23.1 Å². The second kappa shape index (κ2) is 12.3. The van der Waals surface area contributed by atoms with Crippen molar-refractivity contribution in [3.63, 3.8) is 0 Å². The zero-order chi connectivity index (χ0) is 34.4. The Morgan fingerprint density at radius 3 is 1.58 bits per heavy atom. The average Bonchev–Trinajstić information content (AvgIpc) is 3.84. The summed E-state index contributed by atoms with van der Waals surface area (Å²) in [6.45, 7) is 0. The van der Waals surface area contributed by atoms with Crippen molar-refractivity contribution in [1.82, 2.24) is 19.9 Å². The van der Waals surface area contributed by atoms with Gasteiger partial charge < -0.3 is 8.83 Å². The minimum absolute atomic E-state index is 0.588. The molecule has 3 aromatic heterocycles. The summed E-state index contributed by atoms with van der Waals surface area (Å²) in [5.74, 6) is 2.43. The number of hydrogen-bond acceptors (Lipinski definition) is 6. The third-order valence-electron chi connectivity index (χ3n) is 9.41. The smallest absolute Gasteiger partial charge is 0.227 e. The van der Waals surface area contributed by atoms with E-state index in [0.717, 1.165) is 77.5 Å². The third-order valence-corrected chi connectivity index (χ3v) is 9.41. The number of oxazole rings is 1. The highest BCUT2D eigenvalue weighted by Crippen LogP contribution is 2.41. The predicted octanol–water partition coefficient (Wildman–Crippen LogP) is 11.9. The minimum Gasteiger partial charge on any atom is -0.455 e. The van der Waals surface area contributed by atoms with Gasteiger partial charge in [-0.25, -0.2) is 19.9 Å². The van der Waals surface area contributed by atoms with E-state index in [-0.39, 0.29) is 0 Å². The number of furan rings is 1. The highest BCUT2D eigenvalue weighted by Gasteiger charge is 2.20. The van der Waals surface area contributed by atoms with Gasteiger partial charge in [0.2, 0.25) is 5.89 Å². The van der Waals surface area contributed by atoms with Gasteiger partial charge in [-0.15, -0.1) is 0 Å². The number of aromatic nitrogens is 4. The summed E-state index contributed by atoms with van der Waals surface area (Å²) >= 11 is 0. The van der Waals surface area contributed by atoms with Crippen LogP contribution in [0, 0.1) is 0 Å². The number of rotatable bonds is 6. The number of benzene rings is 7. The predicted molar refractivity (Wildman–Crippen MR) is 207 cm³/mol. The van der Waals surface area contributed by atoms with Crippen molar-refractivity contribution in [2.24, 2.45) is 0 Å². The molecular weight excluding hydrogens is 641 g/mol. The van der Waals surface area contributed by atoms with E-state index in [9.17, 15) is 0 Å². The summed E-state index contributed by atoms with van der Waals surface area (Å²) in [6, 6.07) is 57.0. The molecule has 0 aliphatic carbocycles. The van der Waals surface area contributed by atoms with Crippen LogP contribution in [0.5, 0.6) is 0 Å². The van der Waals surface area contributed by atoms with Crippen LogP contribution in [0.2, 0.25) is 0 Å². The molecule has 0 atom stereocenters. The first-order chi connectivity index (χ1) is 25.8. The van der Waals surface area contributed by atoms with Gasteiger partial charge in [0.25, 0.3) is 0 Å². The van der Waals surface area contributed by atoms with Crippen LogP contribution in [0.4, 0.5) is 0 Å². The van der Waals surface area contributed by atoms with Gasteiger partial charge in [-0.1, -0.05) is 146 Å². The molecule has 0 aliphatic heterocycles. The lowest BCUT2D eigenvalue weighted by atomic mass is 9.99. The van der Waals surface area contributed by atoms with Crippen LogP contribution in [-0.4, -0.2) is 19.9 Å². The fourth-order valence-corrected chi connectivity index (χ4v) is 6.89. The van der Waals surface area contributed by atoms with Gasteiger partial charge in [-0.2, -0.15) is 0 Å². The van der Waals surface area contributed by atoms with E-state index < -0.39 is 0 Å². The number of nitrogens with zero attached hydrogens (tertiary/aromatic N) is 4. The van der Waals surface area contributed by atoms with E-state index in [1.807, 2.05) is 103 Å². The summed E-state index contributed by atoms with van der Waals surface area (Å²) in [5, 5.41) is 1.90. The van der Waals surface area contributed by atoms with Crippen LogP contribution in [0.25, 0.3) is 101 Å². The maximum Gasteiger partial charge on any atom is 0.227 e. The van der Waals surface area contributed by atoms with Crippen molar-refractivity contribution in [2.75, 3.05) is 0 Å². The first-order valence-corrected chi connectivity index (χ1v) is 17.1. The van der Waals surface area contributed by atoms with Crippen molar-refractivity contribution < 1.29 is 8.83 Å². The molecule has 6 heteroatoms. The molecular formula is C46H28N4O2. The minimum atomic E-state index is 0.588. The molecule has 244 valence electrons. The molecule has 0 radical (unpaired) electrons. The Balaban J connectivity index is 1.07. The molecule has 0 aliphatic rings. The molecule has 10 rings (SSSR count). The van der Waals surface area contributed by atoms with E-state index >= 15 is 0 Å². The Bertz CT molecular complexity index is 2880. The highest BCUT2D eigenvalue weighted by molar-refractivity contribution is 6.18. The van der Waals surface area contributed by atoms with E-state index in [1.54, 1.807) is 0 Å². The molecule has 0 N–H and O–H groups in total. The Morgan fingerprint density at radius 2 is 0.865 bits per heavy atom. The van der Waals surface area contributed by atoms with Crippen LogP contribution < -0.4 is 0 Å². The van der Waals surface area contributed by atoms with Crippen LogP contribution in [0.1, 0.15) is 0 Å². The Morgan fingerprint density at radius 1 is 0.327 bits per heavy atom. The third kappa shape index (κ3) is 5.13. The van der Waals surface area contributed by atoms with E-state index in [1.165, 1.54) is 0 Å². The van der Waals surface area contributed by atoms with Crippen molar-refractivity contribution in [1.29, 1.82) is 0 Å². The van der Waals surface area contributed by atoms with Crippen molar-refractivity contribution in [3.8, 4) is 67.9 Å². The molecule has 0 bridgehead atoms. The summed E-state index contributed by atoms with van der Waals surface area (Å²) in [6.07, 6.45) is 0. The topological polar surface area (TPSA) is 77.8 Å². The lowest BCUT2D eigenvalue weighted by Gasteiger charge is -2.12. The largest absolute Gasteiger partial charge is 0.455 e. The van der Waals surface area contributed by atoms with Crippen LogP contribution in [0.15, 0.2) is 179 Å². The number of hydrogen-bond donors (Lipinski definition) is 0. The fourth-order valence-electron chi connectivity index (χ4n) is 6.89. The molecule has 7 aromatic carbocycles. The normalized spacial score (nSPS) is 11.5. The lowest BCUT2D eigenvalue weighted by molar-refractivity contribution is 0.622. The number of fused-ring (bicyclic) bond motifs is 5. The molecule has 0 saturated carbocycles. The molecule has 6 nitrogen and oxygen atoms in total. The zero-order valence-corrected chi connectivity index (χ0v) is 27.8. The van der Waals surface area contributed by atoms with E-state index in [4.69, 9.17) is 28.8 Å². The fraction of sp³-hybridized carbons (Fsp3) is 0. The second-order valence-corrected chi connectivity index (χ2v) is 12.6. The van der Waals surface area contributed by atoms with Crippen molar-refractivity contribution >= 4 is 33.0 Å². The highest BCUT2D eigenvalue weighted by atomic mass is 16.4. The van der Waals surface area contributed by atoms with Crippen LogP contribution in [0.3, 0.4) is 0 Å². The molecule has 0 unspecified atom stereocenters. The van der Waals surface area contributed by atoms with E-state index in [0.29, 0.717) is 23.4 Å². The van der Waals surface area contributed by atoms with Gasteiger partial charge in [-0.3, -0.25) is 0 Å². The molecule has 52 heavy (non-hydrogen) atoms. The molecule has 0 spiro atoms. The average molecular weight is 669 g/mol. The Hall–Kier alpha value is -7.18. The SMILES string of the molecule is c1ccc(-c2nc(-c3ccc(-c4cccc5c4oc4ccc6nc(-c7ccccc7)oc6c45)cc3)nc(-c3ccccc3-c3ccccc3)n2)cc1. The monoisotopic (exact) mass is 668 g/mol. The maximum atomic E-state index is 6.53. The quantitative estimate of drug-likeness (QED) is 0.175. The lowest BCUT2D eigenvalue weighted by Crippen LogP contribution is -2.01. The standard InChI is InChI=1S/C46H28N4O2/c1-4-13-29(14-5-1)34-19-10-11-20-36(34)45-49-43(31-15-6-2-7-16-31)48-44(50-45)32-25-23-30(24-26-32)35-21-12-22-37-40-39(51-41(35)37)28-27-38-42(40)52-46(47-38)33-17-8-3-9-18-33/h1-28H. The van der Waals surface area contributed by atoms with Crippen LogP contribution >= 0.6 is 0 Å². The van der Waals surface area contributed by atoms with Gasteiger partial charge in [0.1, 0.15) is 16.7 Å². The maximum absolute atomic E-state index is 6.53. The molecule has 0 saturated heterocycles. The summed E-state index contributed by atoms with van der Waals surface area (Å²) in [5.41, 5.74) is 10.9. The molecule has 3 heterocycles. The van der Waals surface area contributed by atoms with Gasteiger partial charge >= 0.3 is 0 Å².